The molecule has 2 aromatic carbocycles. The van der Waals surface area contributed by atoms with Crippen LogP contribution in [0.5, 0.6) is 5.75 Å². The normalized spacial score (nSPS) is 13.7. The van der Waals surface area contributed by atoms with Crippen molar-refractivity contribution in [2.75, 3.05) is 7.11 Å². The van der Waals surface area contributed by atoms with Crippen LogP contribution in [0.4, 0.5) is 0 Å². The molecule has 2 unspecified atom stereocenters. The maximum absolute atomic E-state index is 11.1. The Kier molecular flexibility index (Phi) is 5.29. The fourth-order valence-electron chi connectivity index (χ4n) is 2.04. The smallest absolute Gasteiger partial charge is 0.232 e. The Morgan fingerprint density at radius 3 is 2.35 bits per heavy atom. The Morgan fingerprint density at radius 2 is 1.80 bits per heavy atom. The van der Waals surface area contributed by atoms with Gasteiger partial charge in [0.1, 0.15) is 5.75 Å². The second-order valence-corrected chi connectivity index (χ2v) is 5.12. The van der Waals surface area contributed by atoms with Crippen LogP contribution in [0.25, 0.3) is 0 Å². The molecule has 106 valence electrons. The zero-order valence-electron chi connectivity index (χ0n) is 11.2. The molecule has 0 aliphatic heterocycles. The van der Waals surface area contributed by atoms with Gasteiger partial charge in [-0.2, -0.15) is 0 Å². The molecule has 2 N–H and O–H groups in total. The van der Waals surface area contributed by atoms with Crippen LogP contribution in [0.2, 0.25) is 0 Å². The van der Waals surface area contributed by atoms with Gasteiger partial charge in [-0.1, -0.05) is 42.5 Å². The summed E-state index contributed by atoms with van der Waals surface area (Å²) >= 11 is -2.06. The molecule has 0 saturated carbocycles. The van der Waals surface area contributed by atoms with E-state index in [0.717, 1.165) is 16.9 Å². The maximum Gasteiger partial charge on any atom is 0.232 e. The number of benzene rings is 2. The van der Waals surface area contributed by atoms with Crippen molar-refractivity contribution in [3.05, 3.63) is 65.7 Å². The lowest BCUT2D eigenvalue weighted by molar-refractivity contribution is 0.414. The molecule has 0 aromatic heterocycles. The van der Waals surface area contributed by atoms with Crippen LogP contribution in [0.1, 0.15) is 17.2 Å². The lowest BCUT2D eigenvalue weighted by atomic mass is 10.00. The predicted octanol–water partition coefficient (Wildman–Crippen LogP) is 2.71. The van der Waals surface area contributed by atoms with E-state index in [1.54, 1.807) is 7.11 Å². The molecule has 4 nitrogen and oxygen atoms in total. The van der Waals surface area contributed by atoms with Crippen molar-refractivity contribution in [3.8, 4) is 5.75 Å². The van der Waals surface area contributed by atoms with Gasteiger partial charge in [0.05, 0.1) is 13.2 Å². The molecule has 0 spiro atoms. The maximum atomic E-state index is 11.1. The molecule has 0 amide bonds. The standard InChI is InChI=1S/C15H17NO3S/c1-19-14-9-7-13(8-10-14)15(16-20(17)18)11-12-5-3-2-4-6-12/h2-10,15-16H,11H2,1H3,(H,17,18). The molecule has 20 heavy (non-hydrogen) atoms. The molecular weight excluding hydrogens is 274 g/mol. The van der Waals surface area contributed by atoms with E-state index in [0.29, 0.717) is 6.42 Å². The number of hydrogen-bond donors (Lipinski definition) is 2. The first kappa shape index (κ1) is 14.7. The van der Waals surface area contributed by atoms with E-state index in [9.17, 15) is 4.21 Å². The van der Waals surface area contributed by atoms with Gasteiger partial charge in [0.15, 0.2) is 0 Å². The largest absolute Gasteiger partial charge is 0.497 e. The number of methoxy groups -OCH3 is 1. The van der Waals surface area contributed by atoms with Crippen molar-refractivity contribution >= 4 is 11.3 Å². The summed E-state index contributed by atoms with van der Waals surface area (Å²) in [5.41, 5.74) is 2.04. The van der Waals surface area contributed by atoms with Crippen molar-refractivity contribution in [3.63, 3.8) is 0 Å². The summed E-state index contributed by atoms with van der Waals surface area (Å²) in [6.07, 6.45) is 0.638. The highest BCUT2D eigenvalue weighted by Gasteiger charge is 2.14. The average molecular weight is 291 g/mol. The molecule has 0 aliphatic rings. The zero-order chi connectivity index (χ0) is 14.4. The van der Waals surface area contributed by atoms with Gasteiger partial charge >= 0.3 is 0 Å². The highest BCUT2D eigenvalue weighted by atomic mass is 32.2. The molecular formula is C15H17NO3S. The molecule has 5 heteroatoms. The van der Waals surface area contributed by atoms with Gasteiger partial charge in [-0.15, -0.1) is 0 Å². The van der Waals surface area contributed by atoms with Crippen molar-refractivity contribution in [2.24, 2.45) is 0 Å². The first-order valence-electron chi connectivity index (χ1n) is 6.24. The van der Waals surface area contributed by atoms with E-state index < -0.39 is 11.3 Å². The number of ether oxygens (including phenoxy) is 1. The lowest BCUT2D eigenvalue weighted by Gasteiger charge is -2.17. The fourth-order valence-corrected chi connectivity index (χ4v) is 2.50. The Balaban J connectivity index is 2.19. The van der Waals surface area contributed by atoms with Crippen LogP contribution >= 0.6 is 0 Å². The first-order chi connectivity index (χ1) is 9.69. The third kappa shape index (κ3) is 4.16. The van der Waals surface area contributed by atoms with E-state index in [1.165, 1.54) is 0 Å². The summed E-state index contributed by atoms with van der Waals surface area (Å²) in [6.45, 7) is 0. The highest BCUT2D eigenvalue weighted by molar-refractivity contribution is 7.77. The Labute approximate surface area is 121 Å². The third-order valence-electron chi connectivity index (χ3n) is 3.04. The van der Waals surface area contributed by atoms with Gasteiger partial charge in [-0.05, 0) is 29.7 Å². The SMILES string of the molecule is COc1ccc(C(Cc2ccccc2)NS(=O)O)cc1. The minimum absolute atomic E-state index is 0.228. The molecule has 0 radical (unpaired) electrons. The quantitative estimate of drug-likeness (QED) is 0.805. The Hall–Kier alpha value is -1.69. The van der Waals surface area contributed by atoms with Crippen LogP contribution in [0.15, 0.2) is 54.6 Å². The molecule has 0 fully saturated rings. The fraction of sp³-hybridized carbons (Fsp3) is 0.200. The molecule has 2 rings (SSSR count). The highest BCUT2D eigenvalue weighted by Crippen LogP contribution is 2.21. The van der Waals surface area contributed by atoms with Crippen molar-refractivity contribution < 1.29 is 13.5 Å². The van der Waals surface area contributed by atoms with Crippen molar-refractivity contribution in [1.82, 2.24) is 4.72 Å². The Bertz CT molecular complexity index is 557. The van der Waals surface area contributed by atoms with Crippen LogP contribution in [0, 0.1) is 0 Å². The molecule has 2 aromatic rings. The van der Waals surface area contributed by atoms with Gasteiger partial charge in [0.2, 0.25) is 11.3 Å². The molecule has 0 bridgehead atoms. The van der Waals surface area contributed by atoms with Crippen LogP contribution in [0.3, 0.4) is 0 Å². The van der Waals surface area contributed by atoms with E-state index in [4.69, 9.17) is 9.29 Å². The summed E-state index contributed by atoms with van der Waals surface area (Å²) in [7, 11) is 1.61. The van der Waals surface area contributed by atoms with Crippen LogP contribution in [-0.2, 0) is 17.7 Å². The topological polar surface area (TPSA) is 58.6 Å². The average Bonchev–Trinajstić information content (AvgIpc) is 2.47. The van der Waals surface area contributed by atoms with Gasteiger partial charge in [-0.25, -0.2) is 8.93 Å². The molecule has 0 aliphatic carbocycles. The van der Waals surface area contributed by atoms with Crippen molar-refractivity contribution in [2.45, 2.75) is 12.5 Å². The van der Waals surface area contributed by atoms with E-state index in [-0.39, 0.29) is 6.04 Å². The molecule has 0 heterocycles. The monoisotopic (exact) mass is 291 g/mol. The summed E-state index contributed by atoms with van der Waals surface area (Å²) in [5.74, 6) is 0.761. The second kappa shape index (κ2) is 7.19. The Morgan fingerprint density at radius 1 is 1.15 bits per heavy atom. The predicted molar refractivity (Wildman–Crippen MR) is 79.8 cm³/mol. The summed E-state index contributed by atoms with van der Waals surface area (Å²) in [4.78, 5) is 0. The third-order valence-corrected chi connectivity index (χ3v) is 3.53. The van der Waals surface area contributed by atoms with E-state index >= 15 is 0 Å². The minimum atomic E-state index is -2.06. The molecule has 2 atom stereocenters. The van der Waals surface area contributed by atoms with Gasteiger partial charge in [-0.3, -0.25) is 4.55 Å². The van der Waals surface area contributed by atoms with Gasteiger partial charge < -0.3 is 4.74 Å². The number of hydrogen-bond acceptors (Lipinski definition) is 2. The molecule has 0 saturated heterocycles. The first-order valence-corrected chi connectivity index (χ1v) is 7.34. The number of rotatable bonds is 6. The van der Waals surface area contributed by atoms with Gasteiger partial charge in [0.25, 0.3) is 0 Å². The second-order valence-electron chi connectivity index (χ2n) is 4.38. The van der Waals surface area contributed by atoms with E-state index in [2.05, 4.69) is 4.72 Å². The van der Waals surface area contributed by atoms with Crippen LogP contribution < -0.4 is 9.46 Å². The summed E-state index contributed by atoms with van der Waals surface area (Å²) in [6, 6.07) is 17.1. The summed E-state index contributed by atoms with van der Waals surface area (Å²) in [5, 5.41) is 0. The van der Waals surface area contributed by atoms with Crippen molar-refractivity contribution in [1.29, 1.82) is 0 Å². The van der Waals surface area contributed by atoms with Crippen LogP contribution in [-0.4, -0.2) is 15.9 Å². The minimum Gasteiger partial charge on any atom is -0.497 e. The van der Waals surface area contributed by atoms with E-state index in [1.807, 2.05) is 54.6 Å². The van der Waals surface area contributed by atoms with Gasteiger partial charge in [0, 0.05) is 0 Å². The lowest BCUT2D eigenvalue weighted by Crippen LogP contribution is -2.25. The summed E-state index contributed by atoms with van der Waals surface area (Å²) < 4.78 is 28.0. The zero-order valence-corrected chi connectivity index (χ0v) is 12.0. The number of nitrogens with one attached hydrogen (secondary N) is 1.